The molecule has 1 saturated heterocycles. The maximum atomic E-state index is 14.7. The van der Waals surface area contributed by atoms with E-state index in [2.05, 4.69) is 5.32 Å². The van der Waals surface area contributed by atoms with Crippen LogP contribution in [0.1, 0.15) is 31.2 Å². The number of Topliss-reactive ketones (excluding diaryl/α,β-unsaturated/α-hetero) is 2. The van der Waals surface area contributed by atoms with Crippen LogP contribution in [-0.4, -0.2) is 36.7 Å². The quantitative estimate of drug-likeness (QED) is 0.338. The first-order valence-corrected chi connectivity index (χ1v) is 13.7. The zero-order valence-corrected chi connectivity index (χ0v) is 21.9. The lowest BCUT2D eigenvalue weighted by Gasteiger charge is -2.37. The second-order valence-electron chi connectivity index (χ2n) is 10.00. The minimum absolute atomic E-state index is 0.171. The minimum Gasteiger partial charge on any atom is -0.497 e. The molecule has 1 N–H and O–H groups in total. The number of ketones is 2. The number of thiophene rings is 1. The summed E-state index contributed by atoms with van der Waals surface area (Å²) >= 11 is 1.35. The topological polar surface area (TPSA) is 75.7 Å². The number of para-hydroxylation sites is 2. The number of methoxy groups -OCH3 is 1. The fourth-order valence-corrected chi connectivity index (χ4v) is 7.34. The second kappa shape index (κ2) is 8.78. The number of rotatable bonds is 5. The Morgan fingerprint density at radius 2 is 1.77 bits per heavy atom. The molecule has 1 spiro atoms. The molecular formula is C32H24N2O4S. The maximum Gasteiger partial charge on any atom is 0.238 e. The van der Waals surface area contributed by atoms with E-state index in [1.165, 1.54) is 11.3 Å². The van der Waals surface area contributed by atoms with Gasteiger partial charge in [-0.05, 0) is 46.8 Å². The molecule has 0 unspecified atom stereocenters. The van der Waals surface area contributed by atoms with Crippen LogP contribution in [-0.2, 0) is 10.2 Å². The van der Waals surface area contributed by atoms with Crippen molar-refractivity contribution in [3.8, 4) is 5.75 Å². The number of nitrogens with one attached hydrogen (secondary N) is 1. The normalized spacial score (nSPS) is 24.2. The van der Waals surface area contributed by atoms with Gasteiger partial charge in [0, 0.05) is 16.9 Å². The molecule has 4 atom stereocenters. The lowest BCUT2D eigenvalue weighted by Crippen LogP contribution is -2.51. The van der Waals surface area contributed by atoms with E-state index < -0.39 is 23.4 Å². The van der Waals surface area contributed by atoms with Gasteiger partial charge in [-0.3, -0.25) is 14.4 Å². The second-order valence-corrected chi connectivity index (χ2v) is 10.9. The minimum atomic E-state index is -1.32. The van der Waals surface area contributed by atoms with Crippen LogP contribution in [0.3, 0.4) is 0 Å². The first-order chi connectivity index (χ1) is 19.1. The molecule has 3 aliphatic rings. The Hall–Kier alpha value is -4.49. The molecule has 192 valence electrons. The maximum absolute atomic E-state index is 14.7. The summed E-state index contributed by atoms with van der Waals surface area (Å²) in [5.74, 6) is -1.17. The lowest BCUT2D eigenvalue weighted by atomic mass is 9.64. The molecular weight excluding hydrogens is 508 g/mol. The van der Waals surface area contributed by atoms with E-state index >= 15 is 0 Å². The van der Waals surface area contributed by atoms with Gasteiger partial charge >= 0.3 is 0 Å². The first-order valence-electron chi connectivity index (χ1n) is 12.8. The third-order valence-corrected chi connectivity index (χ3v) is 9.10. The number of carbonyl (C=O) groups is 3. The van der Waals surface area contributed by atoms with Crippen LogP contribution in [0.5, 0.6) is 5.75 Å². The van der Waals surface area contributed by atoms with Crippen LogP contribution < -0.4 is 15.0 Å². The van der Waals surface area contributed by atoms with Crippen LogP contribution in [0, 0.1) is 5.92 Å². The third-order valence-electron chi connectivity index (χ3n) is 8.21. The summed E-state index contributed by atoms with van der Waals surface area (Å²) in [4.78, 5) is 46.0. The number of ether oxygens (including phenoxy) is 1. The van der Waals surface area contributed by atoms with Crippen molar-refractivity contribution in [3.63, 3.8) is 0 Å². The SMILES string of the molecule is COc1cccc(C(=O)[C@@H]2[C@H](C(=O)c3cccs3)N3c4ccccc4C=C[C@@H]3[C@]23C(=O)Nc2ccccc23)c1. The summed E-state index contributed by atoms with van der Waals surface area (Å²) in [5.41, 5.74) is 2.25. The van der Waals surface area contributed by atoms with Crippen molar-refractivity contribution in [1.82, 2.24) is 0 Å². The molecule has 0 saturated carbocycles. The fourth-order valence-electron chi connectivity index (χ4n) is 6.64. The number of nitrogens with zero attached hydrogens (tertiary/aromatic N) is 1. The van der Waals surface area contributed by atoms with Gasteiger partial charge in [0.1, 0.15) is 17.2 Å². The Morgan fingerprint density at radius 3 is 2.59 bits per heavy atom. The fraction of sp³-hybridized carbons (Fsp3) is 0.156. The van der Waals surface area contributed by atoms with Gasteiger partial charge in [-0.25, -0.2) is 0 Å². The number of fused-ring (bicyclic) bond motifs is 6. The highest BCUT2D eigenvalue weighted by Crippen LogP contribution is 2.58. The number of carbonyl (C=O) groups excluding carboxylic acids is 3. The van der Waals surface area contributed by atoms with Crippen molar-refractivity contribution in [2.75, 3.05) is 17.3 Å². The average Bonchev–Trinajstić information content (AvgIpc) is 3.69. The van der Waals surface area contributed by atoms with Crippen LogP contribution in [0.4, 0.5) is 11.4 Å². The summed E-state index contributed by atoms with van der Waals surface area (Å²) in [7, 11) is 1.55. The van der Waals surface area contributed by atoms with Gasteiger partial charge in [-0.15, -0.1) is 11.3 Å². The smallest absolute Gasteiger partial charge is 0.238 e. The van der Waals surface area contributed by atoms with Crippen LogP contribution in [0.25, 0.3) is 6.08 Å². The van der Waals surface area contributed by atoms with Gasteiger partial charge in [-0.2, -0.15) is 0 Å². The predicted molar refractivity (Wildman–Crippen MR) is 152 cm³/mol. The highest BCUT2D eigenvalue weighted by Gasteiger charge is 2.70. The van der Waals surface area contributed by atoms with Crippen molar-refractivity contribution in [1.29, 1.82) is 0 Å². The average molecular weight is 533 g/mol. The van der Waals surface area contributed by atoms with Crippen LogP contribution in [0.2, 0.25) is 0 Å². The standard InChI is InChI=1S/C32H24N2O4S/c1-38-21-10-6-9-20(18-21)29(35)27-28(30(36)25-14-7-17-39-25)34-24-13-5-2-8-19(24)15-16-26(34)32(27)22-11-3-4-12-23(22)33-31(32)37/h2-18,26-28H,1H3,(H,33,37)/t26-,27+,28-,32+/m1/s1. The largest absolute Gasteiger partial charge is 0.497 e. The molecule has 0 radical (unpaired) electrons. The van der Waals surface area contributed by atoms with E-state index in [4.69, 9.17) is 4.74 Å². The Bertz CT molecular complexity index is 1680. The molecule has 4 heterocycles. The first kappa shape index (κ1) is 23.6. The molecule has 7 heteroatoms. The van der Waals surface area contributed by atoms with Crippen molar-refractivity contribution >= 4 is 46.3 Å². The zero-order chi connectivity index (χ0) is 26.7. The van der Waals surface area contributed by atoms with E-state index in [0.717, 1.165) is 16.8 Å². The molecule has 1 aromatic heterocycles. The van der Waals surface area contributed by atoms with Crippen molar-refractivity contribution in [2.24, 2.45) is 5.92 Å². The summed E-state index contributed by atoms with van der Waals surface area (Å²) in [5, 5.41) is 4.91. The molecule has 1 amide bonds. The van der Waals surface area contributed by atoms with E-state index in [9.17, 15) is 14.4 Å². The number of anilines is 2. The molecule has 0 bridgehead atoms. The molecule has 3 aliphatic heterocycles. The Kier molecular flexibility index (Phi) is 5.32. The number of benzene rings is 3. The molecule has 3 aromatic carbocycles. The molecule has 1 fully saturated rings. The van der Waals surface area contributed by atoms with Gasteiger partial charge < -0.3 is 15.0 Å². The molecule has 0 aliphatic carbocycles. The van der Waals surface area contributed by atoms with Gasteiger partial charge in [0.2, 0.25) is 5.91 Å². The van der Waals surface area contributed by atoms with E-state index in [0.29, 0.717) is 21.9 Å². The zero-order valence-electron chi connectivity index (χ0n) is 21.0. The van der Waals surface area contributed by atoms with Crippen molar-refractivity contribution in [2.45, 2.75) is 17.5 Å². The van der Waals surface area contributed by atoms with E-state index in [1.54, 1.807) is 37.4 Å². The molecule has 4 aromatic rings. The molecule has 6 nitrogen and oxygen atoms in total. The Morgan fingerprint density at radius 1 is 0.949 bits per heavy atom. The molecule has 39 heavy (non-hydrogen) atoms. The summed E-state index contributed by atoms with van der Waals surface area (Å²) < 4.78 is 5.42. The summed E-state index contributed by atoms with van der Waals surface area (Å²) in [6.07, 6.45) is 3.98. The van der Waals surface area contributed by atoms with E-state index in [1.807, 2.05) is 77.0 Å². The van der Waals surface area contributed by atoms with Crippen LogP contribution in [0.15, 0.2) is 96.4 Å². The number of amides is 1. The monoisotopic (exact) mass is 532 g/mol. The van der Waals surface area contributed by atoms with Gasteiger partial charge in [0.05, 0.1) is 23.9 Å². The summed E-state index contributed by atoms with van der Waals surface area (Å²) in [6.45, 7) is 0. The Labute approximate surface area is 229 Å². The van der Waals surface area contributed by atoms with Crippen LogP contribution >= 0.6 is 11.3 Å². The number of hydrogen-bond donors (Lipinski definition) is 1. The predicted octanol–water partition coefficient (Wildman–Crippen LogP) is 5.61. The van der Waals surface area contributed by atoms with Gasteiger partial charge in [-0.1, -0.05) is 66.7 Å². The van der Waals surface area contributed by atoms with Gasteiger partial charge in [0.15, 0.2) is 11.6 Å². The molecule has 7 rings (SSSR count). The third kappa shape index (κ3) is 3.23. The highest BCUT2D eigenvalue weighted by atomic mass is 32.1. The number of hydrogen-bond acceptors (Lipinski definition) is 6. The highest BCUT2D eigenvalue weighted by molar-refractivity contribution is 7.12. The lowest BCUT2D eigenvalue weighted by molar-refractivity contribution is -0.121. The van der Waals surface area contributed by atoms with Crippen molar-refractivity contribution < 1.29 is 19.1 Å². The Balaban J connectivity index is 1.54. The van der Waals surface area contributed by atoms with Crippen molar-refractivity contribution in [3.05, 3.63) is 118 Å². The van der Waals surface area contributed by atoms with E-state index in [-0.39, 0.29) is 17.5 Å². The van der Waals surface area contributed by atoms with Gasteiger partial charge in [0.25, 0.3) is 0 Å². The summed E-state index contributed by atoms with van der Waals surface area (Å²) in [6, 6.07) is 24.4.